The molecule has 0 aromatic rings. The van der Waals surface area contributed by atoms with Crippen molar-refractivity contribution < 1.29 is 0 Å². The first kappa shape index (κ1) is 10.3. The van der Waals surface area contributed by atoms with E-state index in [0.717, 1.165) is 54.3 Å². The first-order chi connectivity index (χ1) is 9.10. The summed E-state index contributed by atoms with van der Waals surface area (Å²) in [6.07, 6.45) is 6.50. The summed E-state index contributed by atoms with van der Waals surface area (Å²) in [6.45, 7) is 5.08. The lowest BCUT2D eigenvalue weighted by Crippen LogP contribution is -2.84. The molecule has 0 amide bonds. The highest BCUT2D eigenvalue weighted by atomic mass is 16.3. The van der Waals surface area contributed by atoms with E-state index >= 15 is 0 Å². The number of fused-ring (bicyclic) bond motifs is 3. The molecule has 9 aliphatic rings. The van der Waals surface area contributed by atoms with Crippen LogP contribution in [0.2, 0.25) is 0 Å². The van der Waals surface area contributed by atoms with Gasteiger partial charge in [0.1, 0.15) is 5.54 Å². The SMILES string of the molecule is CC12C3CCC(N=O)(C3)[C@@]1(C)C1C3CCC4C1C3C42. The zero-order valence-electron chi connectivity index (χ0n) is 11.9. The largest absolute Gasteiger partial charge is 0.150 e. The minimum atomic E-state index is -0.167. The third-order valence-electron chi connectivity index (χ3n) is 9.98. The molecule has 0 spiro atoms. The molecule has 0 aromatic carbocycles. The molecule has 0 N–H and O–H groups in total. The second kappa shape index (κ2) is 2.44. The van der Waals surface area contributed by atoms with Crippen LogP contribution in [0.1, 0.15) is 46.0 Å². The van der Waals surface area contributed by atoms with Crippen molar-refractivity contribution in [2.75, 3.05) is 0 Å². The fourth-order valence-corrected chi connectivity index (χ4v) is 9.53. The monoisotopic (exact) mass is 257 g/mol. The second-order valence-electron chi connectivity index (χ2n) is 9.16. The molecule has 2 heteroatoms. The van der Waals surface area contributed by atoms with Gasteiger partial charge in [-0.1, -0.05) is 19.0 Å². The van der Waals surface area contributed by atoms with E-state index in [2.05, 4.69) is 19.0 Å². The lowest BCUT2D eigenvalue weighted by molar-refractivity contribution is -0.403. The van der Waals surface area contributed by atoms with E-state index in [4.69, 9.17) is 0 Å². The van der Waals surface area contributed by atoms with Gasteiger partial charge in [-0.15, -0.1) is 0 Å². The summed E-state index contributed by atoms with van der Waals surface area (Å²) in [7, 11) is 0. The van der Waals surface area contributed by atoms with E-state index in [9.17, 15) is 4.91 Å². The molecule has 9 rings (SSSR count). The lowest BCUT2D eigenvalue weighted by Gasteiger charge is -2.87. The Morgan fingerprint density at radius 1 is 1.00 bits per heavy atom. The smallest absolute Gasteiger partial charge is 0.109 e. The Bertz CT molecular complexity index is 518. The maximum Gasteiger partial charge on any atom is 0.109 e. The summed E-state index contributed by atoms with van der Waals surface area (Å²) in [5.74, 6) is 6.77. The van der Waals surface area contributed by atoms with Crippen molar-refractivity contribution in [1.82, 2.24) is 0 Å². The van der Waals surface area contributed by atoms with Crippen LogP contribution in [0.3, 0.4) is 0 Å². The van der Waals surface area contributed by atoms with Gasteiger partial charge in [0.05, 0.1) is 0 Å². The fourth-order valence-electron chi connectivity index (χ4n) is 9.53. The predicted molar refractivity (Wildman–Crippen MR) is 72.3 cm³/mol. The molecule has 0 aliphatic heterocycles. The van der Waals surface area contributed by atoms with E-state index in [0.29, 0.717) is 5.41 Å². The first-order valence-corrected chi connectivity index (χ1v) is 8.45. The van der Waals surface area contributed by atoms with Gasteiger partial charge >= 0.3 is 0 Å². The molecule has 2 nitrogen and oxygen atoms in total. The van der Waals surface area contributed by atoms with E-state index in [1.807, 2.05) is 0 Å². The third-order valence-corrected chi connectivity index (χ3v) is 9.98. The molecule has 8 bridgehead atoms. The summed E-state index contributed by atoms with van der Waals surface area (Å²) < 4.78 is 0. The average molecular weight is 257 g/mol. The van der Waals surface area contributed by atoms with Crippen LogP contribution in [0, 0.1) is 57.2 Å². The highest BCUT2D eigenvalue weighted by Gasteiger charge is 2.90. The quantitative estimate of drug-likeness (QED) is 0.656. The van der Waals surface area contributed by atoms with Crippen LogP contribution >= 0.6 is 0 Å². The Balaban J connectivity index is 1.64. The molecule has 0 heterocycles. The van der Waals surface area contributed by atoms with Crippen molar-refractivity contribution in [3.63, 3.8) is 0 Å². The summed E-state index contributed by atoms with van der Waals surface area (Å²) >= 11 is 0. The minimum Gasteiger partial charge on any atom is -0.150 e. The first-order valence-electron chi connectivity index (χ1n) is 8.45. The Morgan fingerprint density at radius 3 is 2.32 bits per heavy atom. The van der Waals surface area contributed by atoms with Gasteiger partial charge in [-0.05, 0) is 78.9 Å². The second-order valence-corrected chi connectivity index (χ2v) is 9.16. The van der Waals surface area contributed by atoms with Crippen LogP contribution in [0.5, 0.6) is 0 Å². The Hall–Kier alpha value is -0.400. The summed E-state index contributed by atoms with van der Waals surface area (Å²) in [5.41, 5.74) is 0.556. The van der Waals surface area contributed by atoms with Crippen LogP contribution in [-0.4, -0.2) is 5.54 Å². The Labute approximate surface area is 114 Å². The number of rotatable bonds is 1. The minimum absolute atomic E-state index is 0.167. The van der Waals surface area contributed by atoms with Gasteiger partial charge in [0, 0.05) is 5.41 Å². The van der Waals surface area contributed by atoms with Gasteiger partial charge in [-0.2, -0.15) is 4.91 Å². The van der Waals surface area contributed by atoms with Gasteiger partial charge in [-0.25, -0.2) is 0 Å². The van der Waals surface area contributed by atoms with Crippen molar-refractivity contribution in [2.45, 2.75) is 51.5 Å². The van der Waals surface area contributed by atoms with Crippen molar-refractivity contribution in [3.05, 3.63) is 4.91 Å². The molecule has 9 unspecified atom stereocenters. The topological polar surface area (TPSA) is 29.4 Å². The van der Waals surface area contributed by atoms with Crippen LogP contribution in [0.25, 0.3) is 0 Å². The molecule has 9 aliphatic carbocycles. The average Bonchev–Trinajstić information content (AvgIpc) is 2.94. The molecule has 0 saturated heterocycles. The molecule has 10 atom stereocenters. The normalized spacial score (nSPS) is 77.3. The van der Waals surface area contributed by atoms with Gasteiger partial charge in [-0.3, -0.25) is 0 Å². The number of nitroso groups, excluding NO2 is 1. The summed E-state index contributed by atoms with van der Waals surface area (Å²) in [4.78, 5) is 11.8. The van der Waals surface area contributed by atoms with Gasteiger partial charge < -0.3 is 0 Å². The van der Waals surface area contributed by atoms with E-state index in [-0.39, 0.29) is 11.0 Å². The maximum atomic E-state index is 11.8. The Kier molecular flexibility index (Phi) is 1.33. The number of nitrogens with zero attached hydrogens (tertiary/aromatic N) is 1. The molecule has 0 aromatic heterocycles. The summed E-state index contributed by atoms with van der Waals surface area (Å²) in [5, 5.41) is 3.84. The van der Waals surface area contributed by atoms with Crippen LogP contribution in [0.4, 0.5) is 0 Å². The molecular weight excluding hydrogens is 234 g/mol. The Morgan fingerprint density at radius 2 is 1.68 bits per heavy atom. The molecule has 9 saturated carbocycles. The molecule has 0 radical (unpaired) electrons. The number of hydrogen-bond donors (Lipinski definition) is 0. The zero-order valence-corrected chi connectivity index (χ0v) is 11.9. The van der Waals surface area contributed by atoms with Crippen molar-refractivity contribution in [1.29, 1.82) is 0 Å². The highest BCUT2D eigenvalue weighted by molar-refractivity contribution is 5.38. The van der Waals surface area contributed by atoms with Crippen molar-refractivity contribution in [3.8, 4) is 0 Å². The molecule has 9 fully saturated rings. The van der Waals surface area contributed by atoms with Crippen LogP contribution in [-0.2, 0) is 0 Å². The van der Waals surface area contributed by atoms with Crippen molar-refractivity contribution >= 4 is 0 Å². The highest BCUT2D eigenvalue weighted by Crippen LogP contribution is 2.92. The predicted octanol–water partition coefficient (Wildman–Crippen LogP) is 3.85. The maximum absolute atomic E-state index is 11.8. The van der Waals surface area contributed by atoms with Gasteiger partial charge in [0.25, 0.3) is 0 Å². The zero-order chi connectivity index (χ0) is 12.8. The molecule has 102 valence electrons. The summed E-state index contributed by atoms with van der Waals surface area (Å²) in [6, 6.07) is 0. The van der Waals surface area contributed by atoms with E-state index in [1.54, 1.807) is 0 Å². The number of hydrogen-bond acceptors (Lipinski definition) is 2. The van der Waals surface area contributed by atoms with E-state index < -0.39 is 0 Å². The lowest BCUT2D eigenvalue weighted by atomic mass is 9.17. The van der Waals surface area contributed by atoms with Gasteiger partial charge in [0.2, 0.25) is 0 Å². The molecule has 19 heavy (non-hydrogen) atoms. The van der Waals surface area contributed by atoms with E-state index in [1.165, 1.54) is 19.3 Å². The van der Waals surface area contributed by atoms with Crippen LogP contribution < -0.4 is 0 Å². The standard InChI is InChI=1S/C17H23NO/c1-15-8-5-6-17(7-8,18-19)16(15,2)14-10-4-3-9-12(14)11(10)13(9)15/h8-14H,3-7H2,1-2H3/t8?,9?,10?,11?,12?,13?,14?,15?,16-,17?/m0/s1. The molecular formula is C17H23NO. The fraction of sp³-hybridized carbons (Fsp3) is 1.00. The van der Waals surface area contributed by atoms with Crippen LogP contribution in [0.15, 0.2) is 5.18 Å². The van der Waals surface area contributed by atoms with Gasteiger partial charge in [0.15, 0.2) is 0 Å². The van der Waals surface area contributed by atoms with Crippen molar-refractivity contribution in [2.24, 2.45) is 57.4 Å². The third kappa shape index (κ3) is 0.628.